The Labute approximate surface area is 92.4 Å². The molecule has 0 bridgehead atoms. The number of thiazole rings is 1. The Kier molecular flexibility index (Phi) is 2.85. The maximum absolute atomic E-state index is 5.70. The Bertz CT molecular complexity index is 419. The smallest absolute Gasteiger partial charge is 0.123 e. The molecule has 0 amide bonds. The fourth-order valence-electron chi connectivity index (χ4n) is 1.20. The molecule has 72 valence electrons. The topological polar surface area (TPSA) is 12.9 Å². The molecule has 0 aliphatic heterocycles. The van der Waals surface area contributed by atoms with Crippen molar-refractivity contribution in [2.45, 2.75) is 12.8 Å². The largest absolute Gasteiger partial charge is 0.240 e. The number of benzene rings is 1. The van der Waals surface area contributed by atoms with E-state index in [1.807, 2.05) is 5.38 Å². The molecule has 0 fully saturated rings. The molecular weight excluding hydrogens is 214 g/mol. The third-order valence-electron chi connectivity index (χ3n) is 1.99. The molecular formula is C11H10ClNS. The van der Waals surface area contributed by atoms with Gasteiger partial charge in [-0.2, -0.15) is 0 Å². The molecule has 0 atom stereocenters. The number of halogens is 1. The van der Waals surface area contributed by atoms with Gasteiger partial charge in [0.2, 0.25) is 0 Å². The lowest BCUT2D eigenvalue weighted by molar-refractivity contribution is 1.23. The molecule has 1 nitrogen and oxygen atoms in total. The summed E-state index contributed by atoms with van der Waals surface area (Å²) in [5.74, 6) is 0.488. The van der Waals surface area contributed by atoms with Crippen LogP contribution in [0, 0.1) is 6.92 Å². The third kappa shape index (κ3) is 1.97. The van der Waals surface area contributed by atoms with Crippen molar-refractivity contribution in [2.75, 3.05) is 0 Å². The van der Waals surface area contributed by atoms with E-state index in [-0.39, 0.29) is 0 Å². The number of hydrogen-bond donors (Lipinski definition) is 0. The van der Waals surface area contributed by atoms with Crippen LogP contribution >= 0.6 is 22.9 Å². The minimum atomic E-state index is 0.488. The van der Waals surface area contributed by atoms with E-state index in [1.54, 1.807) is 11.3 Å². The fraction of sp³-hybridized carbons (Fsp3) is 0.182. The lowest BCUT2D eigenvalue weighted by atomic mass is 10.2. The first-order valence-electron chi connectivity index (χ1n) is 4.37. The van der Waals surface area contributed by atoms with Gasteiger partial charge in [-0.1, -0.05) is 29.8 Å². The van der Waals surface area contributed by atoms with Crippen LogP contribution in [0.5, 0.6) is 0 Å². The van der Waals surface area contributed by atoms with E-state index in [9.17, 15) is 0 Å². The van der Waals surface area contributed by atoms with E-state index in [1.165, 1.54) is 5.56 Å². The molecule has 0 N–H and O–H groups in total. The Morgan fingerprint density at radius 3 is 2.57 bits per heavy atom. The van der Waals surface area contributed by atoms with E-state index < -0.39 is 0 Å². The number of hydrogen-bond acceptors (Lipinski definition) is 2. The Morgan fingerprint density at radius 2 is 2.00 bits per heavy atom. The van der Waals surface area contributed by atoms with Gasteiger partial charge in [0, 0.05) is 10.9 Å². The summed E-state index contributed by atoms with van der Waals surface area (Å²) in [6.07, 6.45) is 0. The second-order valence-corrected chi connectivity index (χ2v) is 4.27. The van der Waals surface area contributed by atoms with Gasteiger partial charge in [0.25, 0.3) is 0 Å². The van der Waals surface area contributed by atoms with Crippen molar-refractivity contribution in [3.05, 3.63) is 40.9 Å². The first-order chi connectivity index (χ1) is 6.79. The second kappa shape index (κ2) is 4.11. The minimum absolute atomic E-state index is 0.488. The summed E-state index contributed by atoms with van der Waals surface area (Å²) < 4.78 is 0. The molecule has 0 saturated carbocycles. The van der Waals surface area contributed by atoms with Crippen LogP contribution in [0.15, 0.2) is 29.6 Å². The summed E-state index contributed by atoms with van der Waals surface area (Å²) in [6.45, 7) is 2.08. The zero-order valence-corrected chi connectivity index (χ0v) is 9.40. The van der Waals surface area contributed by atoms with Crippen molar-refractivity contribution in [2.24, 2.45) is 0 Å². The van der Waals surface area contributed by atoms with E-state index in [0.29, 0.717) is 5.88 Å². The highest BCUT2D eigenvalue weighted by molar-refractivity contribution is 7.13. The van der Waals surface area contributed by atoms with Crippen LogP contribution in [-0.2, 0) is 5.88 Å². The molecule has 0 spiro atoms. The summed E-state index contributed by atoms with van der Waals surface area (Å²) in [6, 6.07) is 8.37. The molecule has 0 unspecified atom stereocenters. The Morgan fingerprint density at radius 1 is 1.29 bits per heavy atom. The molecule has 1 heterocycles. The van der Waals surface area contributed by atoms with Crippen molar-refractivity contribution in [3.8, 4) is 10.6 Å². The first kappa shape index (κ1) is 9.69. The van der Waals surface area contributed by atoms with Gasteiger partial charge in [-0.15, -0.1) is 22.9 Å². The highest BCUT2D eigenvalue weighted by atomic mass is 35.5. The molecule has 2 aromatic rings. The van der Waals surface area contributed by atoms with Gasteiger partial charge in [-0.25, -0.2) is 4.98 Å². The van der Waals surface area contributed by atoms with Crippen LogP contribution in [0.3, 0.4) is 0 Å². The molecule has 0 aliphatic carbocycles. The van der Waals surface area contributed by atoms with Crippen LogP contribution < -0.4 is 0 Å². The first-order valence-corrected chi connectivity index (χ1v) is 5.78. The lowest BCUT2D eigenvalue weighted by Gasteiger charge is -1.96. The quantitative estimate of drug-likeness (QED) is 0.705. The monoisotopic (exact) mass is 223 g/mol. The summed E-state index contributed by atoms with van der Waals surface area (Å²) in [5.41, 5.74) is 3.38. The highest BCUT2D eigenvalue weighted by Gasteiger charge is 2.02. The lowest BCUT2D eigenvalue weighted by Crippen LogP contribution is -1.79. The normalized spacial score (nSPS) is 10.4. The summed E-state index contributed by atoms with van der Waals surface area (Å²) in [5, 5.41) is 3.04. The van der Waals surface area contributed by atoms with Gasteiger partial charge in [-0.3, -0.25) is 0 Å². The molecule has 2 rings (SSSR count). The predicted octanol–water partition coefficient (Wildman–Crippen LogP) is 3.86. The third-order valence-corrected chi connectivity index (χ3v) is 3.20. The van der Waals surface area contributed by atoms with E-state index in [4.69, 9.17) is 11.6 Å². The van der Waals surface area contributed by atoms with E-state index in [0.717, 1.165) is 16.3 Å². The fourth-order valence-corrected chi connectivity index (χ4v) is 2.25. The van der Waals surface area contributed by atoms with Crippen molar-refractivity contribution in [1.29, 1.82) is 0 Å². The SMILES string of the molecule is Cc1ccc(-c2nc(CCl)cs2)cc1. The number of rotatable bonds is 2. The molecule has 1 aromatic heterocycles. The minimum Gasteiger partial charge on any atom is -0.240 e. The van der Waals surface area contributed by atoms with Gasteiger partial charge >= 0.3 is 0 Å². The summed E-state index contributed by atoms with van der Waals surface area (Å²) in [4.78, 5) is 4.42. The highest BCUT2D eigenvalue weighted by Crippen LogP contribution is 2.24. The van der Waals surface area contributed by atoms with Crippen LogP contribution in [0.2, 0.25) is 0 Å². The standard InChI is InChI=1S/C11H10ClNS/c1-8-2-4-9(5-3-8)11-13-10(6-12)7-14-11/h2-5,7H,6H2,1H3. The maximum atomic E-state index is 5.70. The van der Waals surface area contributed by atoms with Crippen LogP contribution in [0.1, 0.15) is 11.3 Å². The van der Waals surface area contributed by atoms with Crippen LogP contribution in [0.25, 0.3) is 10.6 Å². The molecule has 14 heavy (non-hydrogen) atoms. The van der Waals surface area contributed by atoms with Gasteiger partial charge in [0.1, 0.15) is 5.01 Å². The Hall–Kier alpha value is -0.860. The zero-order chi connectivity index (χ0) is 9.97. The number of aromatic nitrogens is 1. The van der Waals surface area contributed by atoms with E-state index in [2.05, 4.69) is 36.2 Å². The van der Waals surface area contributed by atoms with Crippen molar-refractivity contribution in [1.82, 2.24) is 4.98 Å². The van der Waals surface area contributed by atoms with E-state index >= 15 is 0 Å². The molecule has 0 radical (unpaired) electrons. The van der Waals surface area contributed by atoms with Gasteiger partial charge in [-0.05, 0) is 6.92 Å². The van der Waals surface area contributed by atoms with Crippen molar-refractivity contribution < 1.29 is 0 Å². The van der Waals surface area contributed by atoms with Crippen LogP contribution in [0.4, 0.5) is 0 Å². The maximum Gasteiger partial charge on any atom is 0.123 e. The van der Waals surface area contributed by atoms with Gasteiger partial charge in [0.15, 0.2) is 0 Å². The molecule has 1 aromatic carbocycles. The van der Waals surface area contributed by atoms with Crippen molar-refractivity contribution >= 4 is 22.9 Å². The van der Waals surface area contributed by atoms with Crippen molar-refractivity contribution in [3.63, 3.8) is 0 Å². The predicted molar refractivity (Wildman–Crippen MR) is 61.8 cm³/mol. The molecule has 0 aliphatic rings. The summed E-state index contributed by atoms with van der Waals surface area (Å²) in [7, 11) is 0. The summed E-state index contributed by atoms with van der Waals surface area (Å²) >= 11 is 7.33. The second-order valence-electron chi connectivity index (χ2n) is 3.14. The number of alkyl halides is 1. The molecule has 3 heteroatoms. The Balaban J connectivity index is 2.34. The van der Waals surface area contributed by atoms with Gasteiger partial charge < -0.3 is 0 Å². The van der Waals surface area contributed by atoms with Crippen LogP contribution in [-0.4, -0.2) is 4.98 Å². The number of nitrogens with zero attached hydrogens (tertiary/aromatic N) is 1. The zero-order valence-electron chi connectivity index (χ0n) is 7.83. The average Bonchev–Trinajstić information content (AvgIpc) is 2.67. The molecule has 0 saturated heterocycles. The van der Waals surface area contributed by atoms with Gasteiger partial charge in [0.05, 0.1) is 11.6 Å². The number of aryl methyl sites for hydroxylation is 1. The average molecular weight is 224 g/mol.